The van der Waals surface area contributed by atoms with Gasteiger partial charge in [-0.15, -0.1) is 0 Å². The molecule has 38 heavy (non-hydrogen) atoms. The number of piperidine rings is 1. The Labute approximate surface area is 227 Å². The Hall–Kier alpha value is -2.48. The third-order valence-corrected chi connectivity index (χ3v) is 10.7. The molecule has 2 saturated heterocycles. The van der Waals surface area contributed by atoms with Gasteiger partial charge in [0.05, 0.1) is 17.1 Å². The SMILES string of the molecule is O=C1C(Oc2ccc(Cl)cc2)CCN1[C@@H]1CC[C@@]2(O)[C@H]3Cc4ccc(O)c5c4[C@@]2(CCN3CC2CC2)[C@H]1O5. The highest BCUT2D eigenvalue weighted by atomic mass is 35.5. The normalized spacial score (nSPS) is 37.2. The Bertz CT molecular complexity index is 1310. The van der Waals surface area contributed by atoms with Crippen molar-refractivity contribution in [3.8, 4) is 17.2 Å². The van der Waals surface area contributed by atoms with Crippen LogP contribution in [0.4, 0.5) is 0 Å². The first-order chi connectivity index (χ1) is 18.4. The lowest BCUT2D eigenvalue weighted by molar-refractivity contribution is -0.201. The summed E-state index contributed by atoms with van der Waals surface area (Å²) in [6.07, 6.45) is 5.04. The molecule has 1 unspecified atom stereocenters. The number of aliphatic hydroxyl groups is 1. The second-order valence-electron chi connectivity index (χ2n) is 12.3. The summed E-state index contributed by atoms with van der Waals surface area (Å²) in [5, 5.41) is 24.2. The van der Waals surface area contributed by atoms with E-state index in [1.807, 2.05) is 11.0 Å². The van der Waals surface area contributed by atoms with E-state index in [1.54, 1.807) is 30.3 Å². The zero-order valence-electron chi connectivity index (χ0n) is 21.3. The predicted octanol–water partition coefficient (Wildman–Crippen LogP) is 3.66. The van der Waals surface area contributed by atoms with E-state index in [-0.39, 0.29) is 23.7 Å². The van der Waals surface area contributed by atoms with Gasteiger partial charge in [-0.05, 0) is 86.9 Å². The van der Waals surface area contributed by atoms with Crippen LogP contribution in [0.2, 0.25) is 5.02 Å². The standard InChI is InChI=1S/C30H33ClN2O5/c31-19-4-6-20(7-5-19)37-23-10-13-33(28(23)35)21-9-11-30(36)24-15-18-3-8-22(34)26-25(18)29(30,27(21)38-26)12-14-32(24)16-17-1-2-17/h3-8,17,21,23-24,27,34,36H,1-2,9-16H2/t21-,23?,24-,27+,29+,30-/m1/s1. The molecule has 7 nitrogen and oxygen atoms in total. The molecule has 2 saturated carbocycles. The number of aromatic hydroxyl groups is 1. The highest BCUT2D eigenvalue weighted by Crippen LogP contribution is 2.66. The minimum atomic E-state index is -0.949. The number of amides is 1. The molecule has 200 valence electrons. The maximum atomic E-state index is 13.7. The smallest absolute Gasteiger partial charge is 0.264 e. The molecular weight excluding hydrogens is 504 g/mol. The second-order valence-corrected chi connectivity index (χ2v) is 12.7. The number of likely N-dealkylation sites (tertiary alicyclic amines) is 2. The third-order valence-electron chi connectivity index (χ3n) is 10.4. The van der Waals surface area contributed by atoms with E-state index >= 15 is 0 Å². The molecule has 4 fully saturated rings. The largest absolute Gasteiger partial charge is 0.504 e. The highest BCUT2D eigenvalue weighted by molar-refractivity contribution is 6.30. The van der Waals surface area contributed by atoms with Gasteiger partial charge in [0.2, 0.25) is 0 Å². The minimum absolute atomic E-state index is 0.0298. The number of phenolic OH excluding ortho intramolecular Hbond substituents is 1. The van der Waals surface area contributed by atoms with Gasteiger partial charge in [0.15, 0.2) is 17.6 Å². The molecular formula is C30H33ClN2O5. The van der Waals surface area contributed by atoms with Crippen LogP contribution in [0.3, 0.4) is 0 Å². The number of rotatable bonds is 5. The topological polar surface area (TPSA) is 82.5 Å². The summed E-state index contributed by atoms with van der Waals surface area (Å²) in [4.78, 5) is 18.2. The number of halogens is 1. The quantitative estimate of drug-likeness (QED) is 0.607. The van der Waals surface area contributed by atoms with E-state index in [1.165, 1.54) is 18.4 Å². The summed E-state index contributed by atoms with van der Waals surface area (Å²) >= 11 is 6.01. The number of nitrogens with zero attached hydrogens (tertiary/aromatic N) is 2. The van der Waals surface area contributed by atoms with Crippen molar-refractivity contribution < 1.29 is 24.5 Å². The monoisotopic (exact) mass is 536 g/mol. The lowest BCUT2D eigenvalue weighted by Gasteiger charge is -2.64. The summed E-state index contributed by atoms with van der Waals surface area (Å²) in [5.74, 6) is 1.99. The molecule has 0 aromatic heterocycles. The Balaban J connectivity index is 1.14. The van der Waals surface area contributed by atoms with Crippen LogP contribution >= 0.6 is 11.6 Å². The van der Waals surface area contributed by atoms with E-state index < -0.39 is 23.2 Å². The van der Waals surface area contributed by atoms with Crippen LogP contribution in [0.5, 0.6) is 17.2 Å². The molecule has 6 aliphatic rings. The van der Waals surface area contributed by atoms with Crippen molar-refractivity contribution in [1.82, 2.24) is 9.80 Å². The minimum Gasteiger partial charge on any atom is -0.504 e. The van der Waals surface area contributed by atoms with Gasteiger partial charge in [0, 0.05) is 36.1 Å². The number of hydrogen-bond acceptors (Lipinski definition) is 6. The molecule has 3 aliphatic heterocycles. The summed E-state index contributed by atoms with van der Waals surface area (Å²) in [7, 11) is 0. The van der Waals surface area contributed by atoms with Gasteiger partial charge in [0.1, 0.15) is 11.9 Å². The fraction of sp³-hybridized carbons (Fsp3) is 0.567. The van der Waals surface area contributed by atoms with Gasteiger partial charge in [-0.1, -0.05) is 17.7 Å². The van der Waals surface area contributed by atoms with Gasteiger partial charge < -0.3 is 24.6 Å². The highest BCUT2D eigenvalue weighted by Gasteiger charge is 2.73. The number of phenols is 1. The van der Waals surface area contributed by atoms with E-state index in [2.05, 4.69) is 4.90 Å². The van der Waals surface area contributed by atoms with Crippen LogP contribution in [-0.4, -0.2) is 75.4 Å². The Morgan fingerprint density at radius 1 is 1.05 bits per heavy atom. The molecule has 1 amide bonds. The van der Waals surface area contributed by atoms with Gasteiger partial charge in [-0.3, -0.25) is 9.69 Å². The number of ether oxygens (including phenoxy) is 2. The molecule has 2 N–H and O–H groups in total. The van der Waals surface area contributed by atoms with Crippen LogP contribution in [-0.2, 0) is 16.6 Å². The van der Waals surface area contributed by atoms with Crippen LogP contribution in [0.25, 0.3) is 0 Å². The van der Waals surface area contributed by atoms with E-state index in [4.69, 9.17) is 21.1 Å². The zero-order chi connectivity index (χ0) is 25.8. The van der Waals surface area contributed by atoms with Gasteiger partial charge in [-0.2, -0.15) is 0 Å². The number of benzene rings is 2. The maximum Gasteiger partial charge on any atom is 0.264 e. The molecule has 3 heterocycles. The molecule has 2 aromatic carbocycles. The first-order valence-electron chi connectivity index (χ1n) is 14.1. The average molecular weight is 537 g/mol. The van der Waals surface area contributed by atoms with Gasteiger partial charge in [-0.25, -0.2) is 0 Å². The van der Waals surface area contributed by atoms with Gasteiger partial charge >= 0.3 is 0 Å². The molecule has 2 bridgehead atoms. The van der Waals surface area contributed by atoms with Gasteiger partial charge in [0.25, 0.3) is 5.91 Å². The zero-order valence-corrected chi connectivity index (χ0v) is 22.1. The number of hydrogen-bond donors (Lipinski definition) is 2. The second kappa shape index (κ2) is 8.03. The van der Waals surface area contributed by atoms with Crippen LogP contribution in [0, 0.1) is 5.92 Å². The van der Waals surface area contributed by atoms with Crippen LogP contribution in [0.1, 0.15) is 49.7 Å². The Kier molecular flexibility index (Phi) is 4.94. The van der Waals surface area contributed by atoms with E-state index in [9.17, 15) is 15.0 Å². The first-order valence-corrected chi connectivity index (χ1v) is 14.5. The Morgan fingerprint density at radius 2 is 1.87 bits per heavy atom. The fourth-order valence-corrected chi connectivity index (χ4v) is 8.69. The summed E-state index contributed by atoms with van der Waals surface area (Å²) in [6.45, 7) is 2.54. The van der Waals surface area contributed by atoms with Crippen molar-refractivity contribution in [3.63, 3.8) is 0 Å². The molecule has 1 spiro atoms. The molecule has 8 heteroatoms. The number of carbonyl (C=O) groups is 1. The van der Waals surface area contributed by atoms with E-state index in [0.717, 1.165) is 37.4 Å². The maximum absolute atomic E-state index is 13.7. The Morgan fingerprint density at radius 3 is 2.66 bits per heavy atom. The van der Waals surface area contributed by atoms with Crippen molar-refractivity contribution in [2.24, 2.45) is 5.92 Å². The van der Waals surface area contributed by atoms with Crippen molar-refractivity contribution in [2.45, 2.75) is 80.3 Å². The summed E-state index contributed by atoms with van der Waals surface area (Å²) in [5.41, 5.74) is 0.595. The molecule has 0 radical (unpaired) electrons. The summed E-state index contributed by atoms with van der Waals surface area (Å²) in [6, 6.07) is 10.7. The molecule has 8 rings (SSSR count). The lowest BCUT2D eigenvalue weighted by Crippen LogP contribution is -2.78. The van der Waals surface area contributed by atoms with E-state index in [0.29, 0.717) is 42.3 Å². The lowest BCUT2D eigenvalue weighted by atomic mass is 9.48. The fourth-order valence-electron chi connectivity index (χ4n) is 8.57. The van der Waals surface area contributed by atoms with Crippen LogP contribution in [0.15, 0.2) is 36.4 Å². The third kappa shape index (κ3) is 3.07. The molecule has 2 aromatic rings. The summed E-state index contributed by atoms with van der Waals surface area (Å²) < 4.78 is 12.7. The van der Waals surface area contributed by atoms with Crippen LogP contribution < -0.4 is 9.47 Å². The van der Waals surface area contributed by atoms with Crippen molar-refractivity contribution in [2.75, 3.05) is 19.6 Å². The molecule has 6 atom stereocenters. The van der Waals surface area contributed by atoms with Crippen molar-refractivity contribution >= 4 is 17.5 Å². The average Bonchev–Trinajstić information content (AvgIpc) is 3.55. The van der Waals surface area contributed by atoms with Crippen molar-refractivity contribution in [1.29, 1.82) is 0 Å². The first kappa shape index (κ1) is 23.4. The predicted molar refractivity (Wildman–Crippen MR) is 141 cm³/mol. The number of carbonyl (C=O) groups excluding carboxylic acids is 1. The van der Waals surface area contributed by atoms with Crippen molar-refractivity contribution in [3.05, 3.63) is 52.5 Å². The molecule has 3 aliphatic carbocycles.